The molecule has 0 aliphatic carbocycles. The fourth-order valence-corrected chi connectivity index (χ4v) is 1.58. The number of amides is 1. The van der Waals surface area contributed by atoms with Crippen molar-refractivity contribution in [3.05, 3.63) is 40.9 Å². The van der Waals surface area contributed by atoms with Gasteiger partial charge in [0.15, 0.2) is 0 Å². The molecule has 1 N–H and O–H groups in total. The van der Waals surface area contributed by atoms with Gasteiger partial charge >= 0.3 is 5.97 Å². The maximum Gasteiger partial charge on any atom is 0.328 e. The first-order valence-corrected chi connectivity index (χ1v) is 7.02. The Morgan fingerprint density at radius 3 is 2.33 bits per heavy atom. The molecule has 0 spiro atoms. The lowest BCUT2D eigenvalue weighted by molar-refractivity contribution is -0.157. The molecule has 0 heterocycles. The minimum atomic E-state index is -0.702. The second-order valence-electron chi connectivity index (χ2n) is 5.65. The molecule has 0 radical (unpaired) electrons. The molecule has 0 fully saturated rings. The van der Waals surface area contributed by atoms with Gasteiger partial charge in [-0.1, -0.05) is 23.7 Å². The highest BCUT2D eigenvalue weighted by atomic mass is 35.5. The van der Waals surface area contributed by atoms with Crippen LogP contribution in [0.25, 0.3) is 6.08 Å². The fraction of sp³-hybridized carbons (Fsp3) is 0.375. The van der Waals surface area contributed by atoms with Crippen LogP contribution in [0.1, 0.15) is 33.3 Å². The summed E-state index contributed by atoms with van der Waals surface area (Å²) in [5.74, 6) is -0.820. The predicted molar refractivity (Wildman–Crippen MR) is 83.9 cm³/mol. The maximum absolute atomic E-state index is 11.7. The number of halogens is 1. The van der Waals surface area contributed by atoms with Crippen LogP contribution in [-0.4, -0.2) is 23.5 Å². The van der Waals surface area contributed by atoms with Crippen LogP contribution in [-0.2, 0) is 14.3 Å². The lowest BCUT2D eigenvalue weighted by atomic mass is 10.2. The summed E-state index contributed by atoms with van der Waals surface area (Å²) < 4.78 is 5.18. The molecule has 0 unspecified atom stereocenters. The topological polar surface area (TPSA) is 55.4 Å². The van der Waals surface area contributed by atoms with Crippen molar-refractivity contribution < 1.29 is 14.3 Å². The first-order chi connectivity index (χ1) is 9.67. The van der Waals surface area contributed by atoms with Crippen molar-refractivity contribution in [2.24, 2.45) is 0 Å². The van der Waals surface area contributed by atoms with Crippen molar-refractivity contribution in [2.75, 3.05) is 0 Å². The van der Waals surface area contributed by atoms with Crippen molar-refractivity contribution >= 4 is 29.6 Å². The Labute approximate surface area is 130 Å². The average molecular weight is 310 g/mol. The SMILES string of the molecule is C[C@@H](NC(=O)/C=C/c1ccc(Cl)cc1)C(=O)OC(C)(C)C. The number of ether oxygens (including phenoxy) is 1. The quantitative estimate of drug-likeness (QED) is 0.686. The highest BCUT2D eigenvalue weighted by Gasteiger charge is 2.22. The minimum Gasteiger partial charge on any atom is -0.458 e. The number of carbonyl (C=O) groups is 2. The van der Waals surface area contributed by atoms with E-state index in [0.717, 1.165) is 5.56 Å². The zero-order valence-corrected chi connectivity index (χ0v) is 13.4. The van der Waals surface area contributed by atoms with Crippen LogP contribution in [0.15, 0.2) is 30.3 Å². The fourth-order valence-electron chi connectivity index (χ4n) is 1.46. The van der Waals surface area contributed by atoms with Gasteiger partial charge in [-0.2, -0.15) is 0 Å². The molecule has 1 aromatic rings. The number of esters is 1. The van der Waals surface area contributed by atoms with E-state index in [2.05, 4.69) is 5.32 Å². The Balaban J connectivity index is 2.53. The van der Waals surface area contributed by atoms with Crippen molar-refractivity contribution in [1.29, 1.82) is 0 Å². The summed E-state index contributed by atoms with van der Waals surface area (Å²) in [7, 11) is 0. The highest BCUT2D eigenvalue weighted by Crippen LogP contribution is 2.11. The van der Waals surface area contributed by atoms with E-state index in [1.807, 2.05) is 0 Å². The zero-order chi connectivity index (χ0) is 16.0. The van der Waals surface area contributed by atoms with E-state index in [9.17, 15) is 9.59 Å². The van der Waals surface area contributed by atoms with E-state index in [-0.39, 0.29) is 5.91 Å². The molecule has 1 amide bonds. The summed E-state index contributed by atoms with van der Waals surface area (Å²) in [5.41, 5.74) is 0.273. The number of rotatable bonds is 4. The standard InChI is InChI=1S/C16H20ClNO3/c1-11(15(20)21-16(2,3)4)18-14(19)10-7-12-5-8-13(17)9-6-12/h5-11H,1-4H3,(H,18,19)/b10-7+/t11-/m1/s1. The van der Waals surface area contributed by atoms with Gasteiger partial charge in [-0.3, -0.25) is 4.79 Å². The second kappa shape index (κ2) is 7.27. The van der Waals surface area contributed by atoms with Gasteiger partial charge in [0.1, 0.15) is 11.6 Å². The largest absolute Gasteiger partial charge is 0.458 e. The van der Waals surface area contributed by atoms with Gasteiger partial charge in [0.2, 0.25) is 5.91 Å². The van der Waals surface area contributed by atoms with Crippen LogP contribution in [0.2, 0.25) is 5.02 Å². The summed E-state index contributed by atoms with van der Waals surface area (Å²) >= 11 is 5.78. The van der Waals surface area contributed by atoms with E-state index in [1.54, 1.807) is 58.0 Å². The molecule has 0 bridgehead atoms. The lowest BCUT2D eigenvalue weighted by Gasteiger charge is -2.22. The molecule has 0 aliphatic heterocycles. The van der Waals surface area contributed by atoms with Gasteiger partial charge < -0.3 is 10.1 Å². The van der Waals surface area contributed by atoms with Crippen LogP contribution in [0.5, 0.6) is 0 Å². The Morgan fingerprint density at radius 1 is 1.24 bits per heavy atom. The van der Waals surface area contributed by atoms with E-state index >= 15 is 0 Å². The average Bonchev–Trinajstić information content (AvgIpc) is 2.36. The molecule has 4 nitrogen and oxygen atoms in total. The van der Waals surface area contributed by atoms with Gasteiger partial charge in [-0.05, 0) is 51.5 Å². The Kier molecular flexibility index (Phi) is 5.97. The monoisotopic (exact) mass is 309 g/mol. The Hall–Kier alpha value is -1.81. The predicted octanol–water partition coefficient (Wildman–Crippen LogP) is 3.20. The third-order valence-electron chi connectivity index (χ3n) is 2.42. The maximum atomic E-state index is 11.7. The molecule has 0 saturated carbocycles. The number of hydrogen-bond acceptors (Lipinski definition) is 3. The Morgan fingerprint density at radius 2 is 1.81 bits per heavy atom. The molecule has 1 aromatic carbocycles. The number of hydrogen-bond donors (Lipinski definition) is 1. The molecule has 5 heteroatoms. The minimum absolute atomic E-state index is 0.358. The van der Waals surface area contributed by atoms with Gasteiger partial charge in [0.05, 0.1) is 0 Å². The molecule has 0 saturated heterocycles. The van der Waals surface area contributed by atoms with Gasteiger partial charge in [0, 0.05) is 11.1 Å². The first kappa shape index (κ1) is 17.2. The first-order valence-electron chi connectivity index (χ1n) is 6.64. The van der Waals surface area contributed by atoms with Gasteiger partial charge in [-0.25, -0.2) is 4.79 Å². The molecule has 1 rings (SSSR count). The van der Waals surface area contributed by atoms with E-state index < -0.39 is 17.6 Å². The van der Waals surface area contributed by atoms with E-state index in [1.165, 1.54) is 6.08 Å². The van der Waals surface area contributed by atoms with Gasteiger partial charge in [-0.15, -0.1) is 0 Å². The van der Waals surface area contributed by atoms with Crippen molar-refractivity contribution in [3.63, 3.8) is 0 Å². The van der Waals surface area contributed by atoms with Gasteiger partial charge in [0.25, 0.3) is 0 Å². The third kappa shape index (κ3) is 6.95. The number of benzene rings is 1. The molecule has 0 aromatic heterocycles. The highest BCUT2D eigenvalue weighted by molar-refractivity contribution is 6.30. The van der Waals surface area contributed by atoms with E-state index in [0.29, 0.717) is 5.02 Å². The summed E-state index contributed by atoms with van der Waals surface area (Å²) in [6, 6.07) is 6.36. The van der Waals surface area contributed by atoms with Crippen LogP contribution in [0.4, 0.5) is 0 Å². The molecule has 1 atom stereocenters. The van der Waals surface area contributed by atoms with Crippen LogP contribution >= 0.6 is 11.6 Å². The lowest BCUT2D eigenvalue weighted by Crippen LogP contribution is -2.41. The van der Waals surface area contributed by atoms with Crippen molar-refractivity contribution in [1.82, 2.24) is 5.32 Å². The van der Waals surface area contributed by atoms with Crippen molar-refractivity contribution in [2.45, 2.75) is 39.3 Å². The normalized spacial score (nSPS) is 13.0. The Bertz CT molecular complexity index is 529. The van der Waals surface area contributed by atoms with E-state index in [4.69, 9.17) is 16.3 Å². The summed E-state index contributed by atoms with van der Waals surface area (Å²) in [6.45, 7) is 6.92. The molecular formula is C16H20ClNO3. The summed E-state index contributed by atoms with van der Waals surface area (Å²) in [6.07, 6.45) is 3.01. The third-order valence-corrected chi connectivity index (χ3v) is 2.67. The molecule has 0 aliphatic rings. The molecule has 21 heavy (non-hydrogen) atoms. The number of nitrogens with one attached hydrogen (secondary N) is 1. The second-order valence-corrected chi connectivity index (χ2v) is 6.09. The van der Waals surface area contributed by atoms with Crippen molar-refractivity contribution in [3.8, 4) is 0 Å². The van der Waals surface area contributed by atoms with Crippen LogP contribution in [0.3, 0.4) is 0 Å². The number of carbonyl (C=O) groups excluding carboxylic acids is 2. The summed E-state index contributed by atoms with van der Waals surface area (Å²) in [4.78, 5) is 23.5. The van der Waals surface area contributed by atoms with Crippen LogP contribution in [0, 0.1) is 0 Å². The molecule has 114 valence electrons. The zero-order valence-electron chi connectivity index (χ0n) is 12.6. The smallest absolute Gasteiger partial charge is 0.328 e. The van der Waals surface area contributed by atoms with Crippen LogP contribution < -0.4 is 5.32 Å². The summed E-state index contributed by atoms with van der Waals surface area (Å²) in [5, 5.41) is 3.19. The molecular weight excluding hydrogens is 290 g/mol.